The van der Waals surface area contributed by atoms with Crippen LogP contribution in [-0.4, -0.2) is 71.3 Å². The molecule has 4 N–H and O–H groups in total. The molecule has 0 fully saturated rings. The summed E-state index contributed by atoms with van der Waals surface area (Å²) in [5.41, 5.74) is 4.69. The van der Waals surface area contributed by atoms with Gasteiger partial charge in [0.2, 0.25) is 5.69 Å². The van der Waals surface area contributed by atoms with Crippen LogP contribution in [0.5, 0.6) is 0 Å². The number of allylic oxidation sites excluding steroid dienone is 8. The highest BCUT2D eigenvalue weighted by Crippen LogP contribution is 2.49. The quantitative estimate of drug-likeness (QED) is 0.0160. The largest absolute Gasteiger partial charge is 0.344 e. The number of rotatable bonds is 20. The molecule has 14 nitrogen and oxygen atoms in total. The van der Waals surface area contributed by atoms with E-state index in [-0.39, 0.29) is 21.0 Å². The van der Waals surface area contributed by atoms with E-state index in [4.69, 9.17) is 10.5 Å². The van der Waals surface area contributed by atoms with Gasteiger partial charge in [0, 0.05) is 75.5 Å². The fourth-order valence-corrected chi connectivity index (χ4v) is 9.88. The molecule has 3 aromatic rings. The first-order valence-corrected chi connectivity index (χ1v) is 22.7. The highest BCUT2D eigenvalue weighted by Gasteiger charge is 2.46. The van der Waals surface area contributed by atoms with Gasteiger partial charge in [-0.3, -0.25) is 9.11 Å². The number of para-hydroxylation sites is 1. The molecule has 0 atom stereocenters. The summed E-state index contributed by atoms with van der Waals surface area (Å²) in [6.07, 6.45) is 16.0. The summed E-state index contributed by atoms with van der Waals surface area (Å²) in [4.78, 5) is 2.19. The van der Waals surface area contributed by atoms with Crippen LogP contribution in [0.2, 0.25) is 0 Å². The number of hydrogen-bond acceptors (Lipinski definition) is 13. The molecule has 0 saturated heterocycles. The van der Waals surface area contributed by atoms with Crippen molar-refractivity contribution >= 4 is 72.2 Å². The van der Waals surface area contributed by atoms with E-state index < -0.39 is 25.7 Å². The van der Waals surface area contributed by atoms with Gasteiger partial charge in [-0.15, -0.1) is 8.67 Å². The third kappa shape index (κ3) is 10.6. The second-order valence-corrected chi connectivity index (χ2v) is 19.0. The predicted octanol–water partition coefficient (Wildman–Crippen LogP) is 8.76. The van der Waals surface area contributed by atoms with Crippen molar-refractivity contribution in [1.82, 2.24) is 0 Å². The minimum Gasteiger partial charge on any atom is -0.344 e. The second-order valence-electron chi connectivity index (χ2n) is 14.5. The van der Waals surface area contributed by atoms with Gasteiger partial charge < -0.3 is 4.90 Å². The molecule has 3 aromatic carbocycles. The van der Waals surface area contributed by atoms with Crippen molar-refractivity contribution in [3.05, 3.63) is 108 Å². The van der Waals surface area contributed by atoms with E-state index in [2.05, 4.69) is 60.3 Å². The number of anilines is 1. The molecule has 57 heavy (non-hydrogen) atoms. The molecule has 0 saturated carbocycles. The van der Waals surface area contributed by atoms with Crippen molar-refractivity contribution in [2.75, 3.05) is 29.5 Å². The van der Waals surface area contributed by atoms with Gasteiger partial charge in [-0.05, 0) is 74.4 Å². The summed E-state index contributed by atoms with van der Waals surface area (Å²) in [7, 11) is -8.73. The molecule has 308 valence electrons. The zero-order valence-corrected chi connectivity index (χ0v) is 35.2. The predicted molar refractivity (Wildman–Crippen MR) is 222 cm³/mol. The Morgan fingerprint density at radius 3 is 2.26 bits per heavy atom. The molecular weight excluding hydrogens is 817 g/mol. The molecule has 0 aliphatic carbocycles. The van der Waals surface area contributed by atoms with Gasteiger partial charge in [0.05, 0.1) is 23.2 Å². The third-order valence-corrected chi connectivity index (χ3v) is 12.9. The number of hydrogen-bond donors (Lipinski definition) is 4. The molecule has 0 radical (unpaired) electrons. The average molecular weight is 864 g/mol. The fourth-order valence-electron chi connectivity index (χ4n) is 7.60. The lowest BCUT2D eigenvalue weighted by Crippen LogP contribution is -2.28. The van der Waals surface area contributed by atoms with Gasteiger partial charge in [-0.25, -0.2) is 10.5 Å². The van der Waals surface area contributed by atoms with E-state index in [1.165, 1.54) is 11.6 Å². The molecule has 0 amide bonds. The molecule has 0 spiro atoms. The second kappa shape index (κ2) is 19.1. The van der Waals surface area contributed by atoms with E-state index in [1.54, 1.807) is 12.1 Å². The SMILES string of the molecule is CC1(C)C(/C=C/C=C/C=C/C=C2/N(CCCCS(=O)(=O)O)c3ccccc3C2(C)C)=[N+](CCCCSOOO)c2ccc3cc(SOOO)cc(S(=O)(=O)O)c3c21. The first kappa shape index (κ1) is 44.7. The first-order valence-electron chi connectivity index (χ1n) is 18.0. The Labute approximate surface area is 341 Å². The maximum Gasteiger partial charge on any atom is 0.295 e. The zero-order chi connectivity index (χ0) is 41.4. The molecule has 2 heterocycles. The maximum atomic E-state index is 12.8. The van der Waals surface area contributed by atoms with Gasteiger partial charge in [0.1, 0.15) is 11.4 Å². The summed E-state index contributed by atoms with van der Waals surface area (Å²) in [5.74, 6) is 0.278. The van der Waals surface area contributed by atoms with Gasteiger partial charge in [-0.2, -0.15) is 21.4 Å². The van der Waals surface area contributed by atoms with Crippen molar-refractivity contribution in [3.63, 3.8) is 0 Å². The van der Waals surface area contributed by atoms with Crippen molar-refractivity contribution in [2.45, 2.75) is 74.0 Å². The Morgan fingerprint density at radius 1 is 0.825 bits per heavy atom. The van der Waals surface area contributed by atoms with Gasteiger partial charge in [0.15, 0.2) is 5.71 Å². The summed E-state index contributed by atoms with van der Waals surface area (Å²) < 4.78 is 79.0. The lowest BCUT2D eigenvalue weighted by atomic mass is 9.79. The van der Waals surface area contributed by atoms with Gasteiger partial charge in [0.25, 0.3) is 20.2 Å². The maximum absolute atomic E-state index is 12.8. The molecule has 0 bridgehead atoms. The van der Waals surface area contributed by atoms with Crippen molar-refractivity contribution < 1.29 is 59.8 Å². The Kier molecular flexibility index (Phi) is 15.0. The van der Waals surface area contributed by atoms with Crippen molar-refractivity contribution in [3.8, 4) is 0 Å². The smallest absolute Gasteiger partial charge is 0.295 e. The lowest BCUT2D eigenvalue weighted by molar-refractivity contribution is -0.438. The molecule has 0 unspecified atom stereocenters. The minimum absolute atomic E-state index is 0.278. The van der Waals surface area contributed by atoms with Crippen LogP contribution < -0.4 is 4.90 Å². The van der Waals surface area contributed by atoms with Crippen LogP contribution in [0.4, 0.5) is 11.4 Å². The molecule has 2 aliphatic rings. The van der Waals surface area contributed by atoms with Crippen LogP contribution in [0.15, 0.2) is 107 Å². The first-order chi connectivity index (χ1) is 27.0. The third-order valence-electron chi connectivity index (χ3n) is 10.0. The summed E-state index contributed by atoms with van der Waals surface area (Å²) >= 11 is 1.57. The number of nitrogens with zero attached hydrogens (tertiary/aromatic N) is 2. The van der Waals surface area contributed by atoms with Crippen LogP contribution in [-0.2, 0) is 49.8 Å². The highest BCUT2D eigenvalue weighted by molar-refractivity contribution is 7.94. The monoisotopic (exact) mass is 863 g/mol. The summed E-state index contributed by atoms with van der Waals surface area (Å²) in [6, 6.07) is 14.8. The Bertz CT molecular complexity index is 2320. The van der Waals surface area contributed by atoms with E-state index in [0.717, 1.165) is 47.7 Å². The number of fused-ring (bicyclic) bond motifs is 4. The van der Waals surface area contributed by atoms with E-state index in [0.29, 0.717) is 60.1 Å². The van der Waals surface area contributed by atoms with E-state index in [9.17, 15) is 25.9 Å². The fraction of sp³-hybridized carbons (Fsp3) is 0.359. The van der Waals surface area contributed by atoms with Crippen LogP contribution >= 0.6 is 24.1 Å². The van der Waals surface area contributed by atoms with Crippen LogP contribution in [0.1, 0.15) is 64.5 Å². The molecule has 18 heteroatoms. The summed E-state index contributed by atoms with van der Waals surface area (Å²) in [6.45, 7) is 9.48. The van der Waals surface area contributed by atoms with Crippen LogP contribution in [0, 0.1) is 0 Å². The van der Waals surface area contributed by atoms with Gasteiger partial charge >= 0.3 is 0 Å². The zero-order valence-electron chi connectivity index (χ0n) is 31.9. The Hall–Kier alpha value is -3.37. The normalized spacial score (nSPS) is 17.3. The Morgan fingerprint density at radius 2 is 1.54 bits per heavy atom. The molecular formula is C39H47N2O12S4+. The van der Waals surface area contributed by atoms with Crippen molar-refractivity contribution in [1.29, 1.82) is 0 Å². The number of benzene rings is 3. The highest BCUT2D eigenvalue weighted by atomic mass is 32.2. The molecule has 5 rings (SSSR count). The Balaban J connectivity index is 1.44. The molecule has 2 aliphatic heterocycles. The van der Waals surface area contributed by atoms with E-state index in [1.807, 2.05) is 68.5 Å². The minimum atomic E-state index is -4.71. The standard InChI is InChI=1S/C39H46N2O12S4/c1-38(2)30-16-10-11-17-31(30)40(23-13-15-25-56(44,45)46)34(38)18-8-6-5-7-9-19-35-39(3,4)37-32(41(35)22-12-14-24-54-52-50-42)21-20-28-26-29(55-53-51-43)27-33(36(28)37)57(47,48)49/h5-11,16-21,26-27H,12-15,22-25H2,1-4H3,(H3-,42,43,44,45,46,47,48,49)/p+1. The lowest BCUT2D eigenvalue weighted by Gasteiger charge is -2.27. The topological polar surface area (TPSA) is 192 Å². The molecule has 0 aromatic heterocycles. The summed E-state index contributed by atoms with van der Waals surface area (Å²) in [5, 5.41) is 25.4. The van der Waals surface area contributed by atoms with Crippen LogP contribution in [0.25, 0.3) is 10.8 Å². The van der Waals surface area contributed by atoms with Crippen LogP contribution in [0.3, 0.4) is 0 Å². The van der Waals surface area contributed by atoms with E-state index >= 15 is 0 Å². The van der Waals surface area contributed by atoms with Gasteiger partial charge in [-0.1, -0.05) is 72.5 Å². The number of unbranched alkanes of at least 4 members (excludes halogenated alkanes) is 2. The average Bonchev–Trinajstić information content (AvgIpc) is 3.50. The van der Waals surface area contributed by atoms with Crippen molar-refractivity contribution in [2.24, 2.45) is 0 Å².